The number of hydrogen-bond donors (Lipinski definition) is 1. The highest BCUT2D eigenvalue weighted by Crippen LogP contribution is 2.24. The van der Waals surface area contributed by atoms with Crippen molar-refractivity contribution in [3.8, 4) is 0 Å². The van der Waals surface area contributed by atoms with E-state index in [9.17, 15) is 5.11 Å². The van der Waals surface area contributed by atoms with Crippen molar-refractivity contribution in [2.45, 2.75) is 33.8 Å². The number of hydrogen-bond acceptors (Lipinski definition) is 4. The van der Waals surface area contributed by atoms with Crippen LogP contribution in [0.1, 0.15) is 32.6 Å². The Hall–Kier alpha value is -0.870. The summed E-state index contributed by atoms with van der Waals surface area (Å²) < 4.78 is 0. The van der Waals surface area contributed by atoms with Crippen LogP contribution < -0.4 is 4.90 Å². The maximum absolute atomic E-state index is 9.40. The minimum absolute atomic E-state index is 0.390. The smallest absolute Gasteiger partial charge is 0.185 e. The molecule has 0 fully saturated rings. The summed E-state index contributed by atoms with van der Waals surface area (Å²) in [6, 6.07) is 0. The van der Waals surface area contributed by atoms with Gasteiger partial charge in [0.1, 0.15) is 0 Å². The van der Waals surface area contributed by atoms with Gasteiger partial charge in [-0.15, -0.1) is 0 Å². The zero-order chi connectivity index (χ0) is 12.1. The van der Waals surface area contributed by atoms with Crippen LogP contribution in [-0.2, 0) is 0 Å². The highest BCUT2D eigenvalue weighted by atomic mass is 32.1. The van der Waals surface area contributed by atoms with E-state index < -0.39 is 0 Å². The molecule has 90 valence electrons. The SMILES string of the molecule is CCN(CC)c1ncc(/C=C(/C)C(C)O)s1. The largest absolute Gasteiger partial charge is 0.389 e. The van der Waals surface area contributed by atoms with E-state index in [2.05, 4.69) is 23.7 Å². The quantitative estimate of drug-likeness (QED) is 0.859. The number of aliphatic hydroxyl groups excluding tert-OH is 1. The van der Waals surface area contributed by atoms with Crippen LogP contribution in [0.4, 0.5) is 5.13 Å². The molecule has 0 saturated carbocycles. The van der Waals surface area contributed by atoms with Crippen LogP contribution in [-0.4, -0.2) is 29.3 Å². The zero-order valence-corrected chi connectivity index (χ0v) is 11.2. The second kappa shape index (κ2) is 6.01. The number of aliphatic hydroxyl groups is 1. The molecule has 1 rings (SSSR count). The molecule has 3 nitrogen and oxygen atoms in total. The third kappa shape index (κ3) is 3.32. The molecule has 1 aromatic heterocycles. The molecule has 16 heavy (non-hydrogen) atoms. The van der Waals surface area contributed by atoms with Crippen LogP contribution in [0.2, 0.25) is 0 Å². The lowest BCUT2D eigenvalue weighted by molar-refractivity contribution is 0.232. The molecule has 0 aliphatic heterocycles. The van der Waals surface area contributed by atoms with Gasteiger partial charge >= 0.3 is 0 Å². The monoisotopic (exact) mass is 240 g/mol. The summed E-state index contributed by atoms with van der Waals surface area (Å²) in [6.07, 6.45) is 3.47. The van der Waals surface area contributed by atoms with E-state index in [1.165, 1.54) is 0 Å². The molecule has 1 atom stereocenters. The van der Waals surface area contributed by atoms with Crippen molar-refractivity contribution in [2.75, 3.05) is 18.0 Å². The predicted molar refractivity (Wildman–Crippen MR) is 71.0 cm³/mol. The van der Waals surface area contributed by atoms with Crippen molar-refractivity contribution in [1.82, 2.24) is 4.98 Å². The summed E-state index contributed by atoms with van der Waals surface area (Å²) in [5.41, 5.74) is 0.967. The first-order valence-corrected chi connectivity index (χ1v) is 6.47. The Kier molecular flexibility index (Phi) is 4.96. The lowest BCUT2D eigenvalue weighted by atomic mass is 10.2. The van der Waals surface area contributed by atoms with Gasteiger partial charge in [-0.1, -0.05) is 11.3 Å². The zero-order valence-electron chi connectivity index (χ0n) is 10.4. The van der Waals surface area contributed by atoms with Gasteiger partial charge in [0.15, 0.2) is 5.13 Å². The van der Waals surface area contributed by atoms with Gasteiger partial charge in [-0.25, -0.2) is 4.98 Å². The van der Waals surface area contributed by atoms with E-state index in [0.29, 0.717) is 0 Å². The van der Waals surface area contributed by atoms with E-state index in [1.807, 2.05) is 19.2 Å². The average molecular weight is 240 g/mol. The Balaban J connectivity index is 2.83. The lowest BCUT2D eigenvalue weighted by Gasteiger charge is -2.16. The molecule has 0 aromatic carbocycles. The fraction of sp³-hybridized carbons (Fsp3) is 0.583. The Morgan fingerprint density at radius 1 is 1.56 bits per heavy atom. The molecule has 0 amide bonds. The Morgan fingerprint density at radius 2 is 2.19 bits per heavy atom. The highest BCUT2D eigenvalue weighted by molar-refractivity contribution is 7.16. The summed E-state index contributed by atoms with van der Waals surface area (Å²) in [6.45, 7) is 9.91. The van der Waals surface area contributed by atoms with E-state index in [4.69, 9.17) is 0 Å². The normalized spacial score (nSPS) is 13.9. The second-order valence-electron chi connectivity index (χ2n) is 3.78. The predicted octanol–water partition coefficient (Wildman–Crippen LogP) is 2.77. The van der Waals surface area contributed by atoms with Crippen LogP contribution >= 0.6 is 11.3 Å². The first-order valence-electron chi connectivity index (χ1n) is 5.65. The molecule has 1 heterocycles. The minimum Gasteiger partial charge on any atom is -0.389 e. The maximum Gasteiger partial charge on any atom is 0.185 e. The molecule has 0 saturated heterocycles. The van der Waals surface area contributed by atoms with Gasteiger partial charge in [-0.05, 0) is 39.3 Å². The summed E-state index contributed by atoms with van der Waals surface area (Å²) in [4.78, 5) is 7.71. The van der Waals surface area contributed by atoms with Gasteiger partial charge in [0, 0.05) is 24.2 Å². The van der Waals surface area contributed by atoms with Crippen LogP contribution in [0.25, 0.3) is 6.08 Å². The van der Waals surface area contributed by atoms with Gasteiger partial charge in [-0.3, -0.25) is 0 Å². The van der Waals surface area contributed by atoms with E-state index in [0.717, 1.165) is 28.7 Å². The van der Waals surface area contributed by atoms with Crippen molar-refractivity contribution < 1.29 is 5.11 Å². The molecule has 1 unspecified atom stereocenters. The van der Waals surface area contributed by atoms with Crippen LogP contribution in [0.5, 0.6) is 0 Å². The van der Waals surface area contributed by atoms with E-state index >= 15 is 0 Å². The first-order chi connectivity index (χ1) is 7.58. The van der Waals surface area contributed by atoms with Crippen molar-refractivity contribution in [3.63, 3.8) is 0 Å². The van der Waals surface area contributed by atoms with Gasteiger partial charge in [0.25, 0.3) is 0 Å². The third-order valence-electron chi connectivity index (χ3n) is 2.57. The van der Waals surface area contributed by atoms with Crippen LogP contribution in [0.3, 0.4) is 0 Å². The molecule has 0 bridgehead atoms. The van der Waals surface area contributed by atoms with Gasteiger partial charge in [-0.2, -0.15) is 0 Å². The van der Waals surface area contributed by atoms with Gasteiger partial charge < -0.3 is 10.0 Å². The first kappa shape index (κ1) is 13.2. The number of thiazole rings is 1. The summed E-state index contributed by atoms with van der Waals surface area (Å²) >= 11 is 1.66. The van der Waals surface area contributed by atoms with Crippen LogP contribution in [0, 0.1) is 0 Å². The van der Waals surface area contributed by atoms with Gasteiger partial charge in [0.2, 0.25) is 0 Å². The van der Waals surface area contributed by atoms with Crippen molar-refractivity contribution in [2.24, 2.45) is 0 Å². The fourth-order valence-corrected chi connectivity index (χ4v) is 2.38. The maximum atomic E-state index is 9.40. The summed E-state index contributed by atoms with van der Waals surface area (Å²) in [5.74, 6) is 0. The highest BCUT2D eigenvalue weighted by Gasteiger charge is 2.07. The summed E-state index contributed by atoms with van der Waals surface area (Å²) in [5, 5.41) is 10.4. The fourth-order valence-electron chi connectivity index (χ4n) is 1.33. The molecule has 0 aliphatic rings. The average Bonchev–Trinajstić information content (AvgIpc) is 2.68. The second-order valence-corrected chi connectivity index (χ2v) is 4.82. The standard InChI is InChI=1S/C12H20N2OS/c1-5-14(6-2)12-13-8-11(16-12)7-9(3)10(4)15/h7-8,10,15H,5-6H2,1-4H3/b9-7-. The summed E-state index contributed by atoms with van der Waals surface area (Å²) in [7, 11) is 0. The van der Waals surface area contributed by atoms with E-state index in [1.54, 1.807) is 18.3 Å². The molecule has 0 aliphatic carbocycles. The number of anilines is 1. The topological polar surface area (TPSA) is 36.4 Å². The molecule has 4 heteroatoms. The third-order valence-corrected chi connectivity index (χ3v) is 3.58. The molecule has 0 spiro atoms. The number of rotatable bonds is 5. The molecular weight excluding hydrogens is 220 g/mol. The molecular formula is C12H20N2OS. The Labute approximate surface area is 101 Å². The van der Waals surface area contributed by atoms with Crippen molar-refractivity contribution >= 4 is 22.5 Å². The molecule has 1 N–H and O–H groups in total. The Morgan fingerprint density at radius 3 is 2.69 bits per heavy atom. The number of nitrogens with zero attached hydrogens (tertiary/aromatic N) is 2. The van der Waals surface area contributed by atoms with Gasteiger partial charge in [0.05, 0.1) is 6.10 Å². The van der Waals surface area contributed by atoms with Crippen molar-refractivity contribution in [3.05, 3.63) is 16.6 Å². The Bertz CT molecular complexity index is 354. The number of aromatic nitrogens is 1. The minimum atomic E-state index is -0.390. The lowest BCUT2D eigenvalue weighted by Crippen LogP contribution is -2.21. The van der Waals surface area contributed by atoms with Crippen molar-refractivity contribution in [1.29, 1.82) is 0 Å². The molecule has 0 radical (unpaired) electrons. The van der Waals surface area contributed by atoms with Crippen LogP contribution in [0.15, 0.2) is 11.8 Å². The molecule has 1 aromatic rings. The van der Waals surface area contributed by atoms with E-state index in [-0.39, 0.29) is 6.10 Å².